The molecular weight excluding hydrogens is 524 g/mol. The molecule has 5 N–H and O–H groups in total. The van der Waals surface area contributed by atoms with Crippen LogP contribution in [-0.2, 0) is 41.6 Å². The van der Waals surface area contributed by atoms with E-state index in [0.29, 0.717) is 0 Å². The fraction of sp³-hybridized carbons (Fsp3) is 0.452. The average molecular weight is 565 g/mol. The summed E-state index contributed by atoms with van der Waals surface area (Å²) in [4.78, 5) is 65.5. The van der Waals surface area contributed by atoms with Gasteiger partial charge in [-0.1, -0.05) is 87.4 Å². The van der Waals surface area contributed by atoms with Gasteiger partial charge in [0.15, 0.2) is 0 Å². The lowest BCUT2D eigenvalue weighted by atomic mass is 9.95. The second kappa shape index (κ2) is 15.5. The van der Waals surface area contributed by atoms with E-state index in [0.717, 1.165) is 30.4 Å². The van der Waals surface area contributed by atoms with Crippen molar-refractivity contribution in [3.8, 4) is 0 Å². The third kappa shape index (κ3) is 10.0. The first-order chi connectivity index (χ1) is 19.7. The highest BCUT2D eigenvalue weighted by Crippen LogP contribution is 2.20. The van der Waals surface area contributed by atoms with Gasteiger partial charge in [0.1, 0.15) is 24.2 Å². The van der Waals surface area contributed by atoms with E-state index in [1.54, 1.807) is 0 Å². The number of amides is 4. The number of carbonyl (C=O) groups is 5. The van der Waals surface area contributed by atoms with E-state index >= 15 is 0 Å². The second-order valence-corrected chi connectivity index (χ2v) is 10.6. The number of hydrogen-bond acceptors (Lipinski definition) is 6. The Kier molecular flexibility index (Phi) is 11.9. The average Bonchev–Trinajstić information content (AvgIpc) is 2.95. The molecule has 0 aromatic heterocycles. The molecule has 3 rings (SSSR count). The van der Waals surface area contributed by atoms with Crippen molar-refractivity contribution in [2.45, 2.75) is 83.0 Å². The van der Waals surface area contributed by atoms with E-state index in [4.69, 9.17) is 10.5 Å². The standard InChI is InChI=1S/C31H40N4O6/c1-3-4-11-20(2)26-19-28(37)33-23(16-21-12-7-5-8-13-21)29(38)34-24(18-27(32)36)30(39)35-25(31(40)41-26)17-22-14-9-6-10-15-22/h5-10,12-15,20,23-26H,3-4,11,16-19H2,1-2H3,(H2,32,36)(H,33,37)(H,34,38)(H,35,39)/t20-,23+,24-,25+,26-/m0/s1. The number of carbonyl (C=O) groups excluding carboxylic acids is 5. The van der Waals surface area contributed by atoms with Gasteiger partial charge in [-0.25, -0.2) is 4.79 Å². The van der Waals surface area contributed by atoms with E-state index in [9.17, 15) is 24.0 Å². The van der Waals surface area contributed by atoms with E-state index in [1.807, 2.05) is 67.6 Å². The first-order valence-corrected chi connectivity index (χ1v) is 14.1. The Morgan fingerprint density at radius 1 is 0.854 bits per heavy atom. The smallest absolute Gasteiger partial charge is 0.329 e. The number of unbranched alkanes of at least 4 members (excludes halogenated alkanes) is 1. The largest absolute Gasteiger partial charge is 0.460 e. The van der Waals surface area contributed by atoms with Crippen LogP contribution in [0.2, 0.25) is 0 Å². The molecule has 2 aromatic rings. The van der Waals surface area contributed by atoms with Crippen LogP contribution in [0.1, 0.15) is 57.1 Å². The van der Waals surface area contributed by atoms with Gasteiger partial charge >= 0.3 is 5.97 Å². The molecule has 41 heavy (non-hydrogen) atoms. The summed E-state index contributed by atoms with van der Waals surface area (Å²) in [7, 11) is 0. The molecule has 1 aliphatic heterocycles. The quantitative estimate of drug-likeness (QED) is 0.323. The first kappa shape index (κ1) is 31.3. The zero-order valence-corrected chi connectivity index (χ0v) is 23.6. The Bertz CT molecular complexity index is 1190. The maximum Gasteiger partial charge on any atom is 0.329 e. The molecule has 10 nitrogen and oxygen atoms in total. The number of nitrogens with one attached hydrogen (secondary N) is 3. The minimum absolute atomic E-state index is 0.113. The van der Waals surface area contributed by atoms with E-state index < -0.39 is 60.2 Å². The molecule has 0 unspecified atom stereocenters. The van der Waals surface area contributed by atoms with Gasteiger partial charge in [-0.3, -0.25) is 19.2 Å². The van der Waals surface area contributed by atoms with Crippen LogP contribution in [0.5, 0.6) is 0 Å². The molecule has 0 saturated carbocycles. The first-order valence-electron chi connectivity index (χ1n) is 14.1. The van der Waals surface area contributed by atoms with Crippen molar-refractivity contribution in [1.82, 2.24) is 16.0 Å². The molecule has 1 fully saturated rings. The van der Waals surface area contributed by atoms with Crippen molar-refractivity contribution in [2.75, 3.05) is 0 Å². The van der Waals surface area contributed by atoms with Crippen molar-refractivity contribution in [3.63, 3.8) is 0 Å². The van der Waals surface area contributed by atoms with E-state index in [-0.39, 0.29) is 25.2 Å². The number of esters is 1. The van der Waals surface area contributed by atoms with Crippen LogP contribution < -0.4 is 21.7 Å². The maximum absolute atomic E-state index is 13.5. The highest BCUT2D eigenvalue weighted by molar-refractivity contribution is 5.96. The molecule has 0 aliphatic carbocycles. The molecule has 0 spiro atoms. The van der Waals surface area contributed by atoms with Crippen molar-refractivity contribution >= 4 is 29.6 Å². The van der Waals surface area contributed by atoms with Crippen molar-refractivity contribution in [3.05, 3.63) is 71.8 Å². The maximum atomic E-state index is 13.5. The highest BCUT2D eigenvalue weighted by atomic mass is 16.5. The summed E-state index contributed by atoms with van der Waals surface area (Å²) in [6, 6.07) is 14.7. The van der Waals surface area contributed by atoms with Gasteiger partial charge in [0, 0.05) is 12.8 Å². The lowest BCUT2D eigenvalue weighted by Gasteiger charge is -2.27. The predicted octanol–water partition coefficient (Wildman–Crippen LogP) is 1.94. The van der Waals surface area contributed by atoms with Gasteiger partial charge in [-0.15, -0.1) is 0 Å². The van der Waals surface area contributed by atoms with Crippen LogP contribution >= 0.6 is 0 Å². The lowest BCUT2D eigenvalue weighted by molar-refractivity contribution is -0.157. The molecule has 1 saturated heterocycles. The highest BCUT2D eigenvalue weighted by Gasteiger charge is 2.35. The molecule has 0 radical (unpaired) electrons. The zero-order valence-electron chi connectivity index (χ0n) is 23.6. The topological polar surface area (TPSA) is 157 Å². The van der Waals surface area contributed by atoms with Gasteiger partial charge in [0.25, 0.3) is 0 Å². The second-order valence-electron chi connectivity index (χ2n) is 10.6. The van der Waals surface area contributed by atoms with Gasteiger partial charge in [0.05, 0.1) is 12.8 Å². The fourth-order valence-electron chi connectivity index (χ4n) is 4.80. The molecule has 1 aliphatic rings. The molecule has 5 atom stereocenters. The molecule has 2 aromatic carbocycles. The lowest BCUT2D eigenvalue weighted by Crippen LogP contribution is -2.57. The Morgan fingerprint density at radius 2 is 1.39 bits per heavy atom. The predicted molar refractivity (Wildman–Crippen MR) is 153 cm³/mol. The van der Waals surface area contributed by atoms with Crippen LogP contribution in [0.4, 0.5) is 0 Å². The van der Waals surface area contributed by atoms with Crippen LogP contribution in [0.15, 0.2) is 60.7 Å². The number of benzene rings is 2. The summed E-state index contributed by atoms with van der Waals surface area (Å²) in [5.41, 5.74) is 6.95. The number of rotatable bonds is 10. The SMILES string of the molecule is CCCC[C@H](C)[C@@H]1CC(=O)N[C@H](Cc2ccccc2)C(=O)N[C@@H](CC(N)=O)C(=O)N[C@H](Cc2ccccc2)C(=O)O1. The Labute approximate surface area is 240 Å². The Balaban J connectivity index is 1.98. The van der Waals surface area contributed by atoms with Crippen molar-refractivity contribution in [1.29, 1.82) is 0 Å². The van der Waals surface area contributed by atoms with Gasteiger partial charge < -0.3 is 26.4 Å². The summed E-state index contributed by atoms with van der Waals surface area (Å²) in [6.07, 6.45) is 1.40. The Hall–Kier alpha value is -4.21. The molecule has 10 heteroatoms. The summed E-state index contributed by atoms with van der Waals surface area (Å²) in [5, 5.41) is 8.00. The number of primary amides is 1. The zero-order chi connectivity index (χ0) is 29.8. The van der Waals surface area contributed by atoms with Gasteiger partial charge in [-0.2, -0.15) is 0 Å². The summed E-state index contributed by atoms with van der Waals surface area (Å²) in [6.45, 7) is 3.97. The summed E-state index contributed by atoms with van der Waals surface area (Å²) < 4.78 is 5.91. The van der Waals surface area contributed by atoms with Crippen LogP contribution in [0.25, 0.3) is 0 Å². The number of cyclic esters (lactones) is 1. The van der Waals surface area contributed by atoms with Crippen molar-refractivity contribution in [2.24, 2.45) is 11.7 Å². The molecular formula is C31H40N4O6. The van der Waals surface area contributed by atoms with Gasteiger partial charge in [-0.05, 0) is 23.5 Å². The molecule has 4 amide bonds. The normalized spacial score (nSPS) is 23.0. The number of nitrogens with two attached hydrogens (primary N) is 1. The number of ether oxygens (including phenoxy) is 1. The summed E-state index contributed by atoms with van der Waals surface area (Å²) >= 11 is 0. The minimum Gasteiger partial charge on any atom is -0.460 e. The van der Waals surface area contributed by atoms with Crippen LogP contribution in [0.3, 0.4) is 0 Å². The molecule has 0 bridgehead atoms. The van der Waals surface area contributed by atoms with E-state index in [1.165, 1.54) is 0 Å². The van der Waals surface area contributed by atoms with Crippen LogP contribution in [-0.4, -0.2) is 53.8 Å². The van der Waals surface area contributed by atoms with Gasteiger partial charge in [0.2, 0.25) is 23.6 Å². The molecule has 220 valence electrons. The number of hydrogen-bond donors (Lipinski definition) is 4. The van der Waals surface area contributed by atoms with E-state index in [2.05, 4.69) is 22.9 Å². The Morgan fingerprint density at radius 3 is 1.95 bits per heavy atom. The summed E-state index contributed by atoms with van der Waals surface area (Å²) in [5.74, 6) is -3.53. The third-order valence-electron chi connectivity index (χ3n) is 7.16. The third-order valence-corrected chi connectivity index (χ3v) is 7.16. The monoisotopic (exact) mass is 564 g/mol. The van der Waals surface area contributed by atoms with Crippen LogP contribution in [0, 0.1) is 5.92 Å². The fourth-order valence-corrected chi connectivity index (χ4v) is 4.80. The minimum atomic E-state index is -1.36. The van der Waals surface area contributed by atoms with Crippen molar-refractivity contribution < 1.29 is 28.7 Å². The molecule has 1 heterocycles.